The maximum atomic E-state index is 5.98. The molecule has 2 heterocycles. The molecule has 0 aliphatic heterocycles. The summed E-state index contributed by atoms with van der Waals surface area (Å²) in [6.45, 7) is 2.71. The summed E-state index contributed by atoms with van der Waals surface area (Å²) in [5.41, 5.74) is 2.67. The Labute approximate surface area is 162 Å². The molecule has 0 bridgehead atoms. The third kappa shape index (κ3) is 3.85. The van der Waals surface area contributed by atoms with Gasteiger partial charge in [-0.05, 0) is 61.4 Å². The van der Waals surface area contributed by atoms with Crippen molar-refractivity contribution in [2.24, 2.45) is 0 Å². The smallest absolute Gasteiger partial charge is 0.257 e. The van der Waals surface area contributed by atoms with E-state index < -0.39 is 0 Å². The van der Waals surface area contributed by atoms with Crippen molar-refractivity contribution in [3.05, 3.63) is 57.2 Å². The Morgan fingerprint density at radius 2 is 2.00 bits per heavy atom. The first-order valence-electron chi connectivity index (χ1n) is 9.16. The van der Waals surface area contributed by atoms with Crippen LogP contribution in [0.2, 0.25) is 5.02 Å². The van der Waals surface area contributed by atoms with E-state index in [2.05, 4.69) is 40.6 Å². The van der Waals surface area contributed by atoms with Gasteiger partial charge in [-0.1, -0.05) is 30.7 Å². The molecule has 1 unspecified atom stereocenters. The molecule has 1 atom stereocenters. The van der Waals surface area contributed by atoms with E-state index in [0.29, 0.717) is 18.3 Å². The van der Waals surface area contributed by atoms with Gasteiger partial charge in [0.15, 0.2) is 0 Å². The average molecular weight is 388 g/mol. The van der Waals surface area contributed by atoms with E-state index in [0.717, 1.165) is 16.3 Å². The first kappa shape index (κ1) is 17.7. The van der Waals surface area contributed by atoms with Crippen molar-refractivity contribution in [1.82, 2.24) is 15.5 Å². The Kier molecular flexibility index (Phi) is 5.38. The third-order valence-electron chi connectivity index (χ3n) is 4.85. The molecule has 3 aromatic rings. The number of hydrogen-bond acceptors (Lipinski definition) is 5. The zero-order valence-electron chi connectivity index (χ0n) is 14.8. The Morgan fingerprint density at radius 1 is 1.19 bits per heavy atom. The number of nitrogens with one attached hydrogen (secondary N) is 1. The third-order valence-corrected chi connectivity index (χ3v) is 6.33. The van der Waals surface area contributed by atoms with Gasteiger partial charge in [-0.25, -0.2) is 0 Å². The van der Waals surface area contributed by atoms with Gasteiger partial charge in [0.25, 0.3) is 5.89 Å². The summed E-state index contributed by atoms with van der Waals surface area (Å²) >= 11 is 7.78. The number of nitrogens with zero attached hydrogens (tertiary/aromatic N) is 2. The van der Waals surface area contributed by atoms with Gasteiger partial charge < -0.3 is 9.73 Å². The molecule has 0 spiro atoms. The first-order chi connectivity index (χ1) is 12.7. The molecule has 4 nitrogen and oxygen atoms in total. The van der Waals surface area contributed by atoms with Crippen LogP contribution in [0.15, 0.2) is 34.7 Å². The van der Waals surface area contributed by atoms with Crippen molar-refractivity contribution in [2.75, 3.05) is 0 Å². The second-order valence-corrected chi connectivity index (χ2v) is 8.23. The molecular weight excluding hydrogens is 366 g/mol. The quantitative estimate of drug-likeness (QED) is 0.600. The maximum absolute atomic E-state index is 5.98. The van der Waals surface area contributed by atoms with Crippen LogP contribution < -0.4 is 5.32 Å². The van der Waals surface area contributed by atoms with Crippen LogP contribution in [0.25, 0.3) is 10.8 Å². The summed E-state index contributed by atoms with van der Waals surface area (Å²) in [7, 11) is 0. The van der Waals surface area contributed by atoms with Crippen molar-refractivity contribution < 1.29 is 4.42 Å². The predicted molar refractivity (Wildman–Crippen MR) is 106 cm³/mol. The Balaban J connectivity index is 1.43. The Hall–Kier alpha value is -1.69. The molecular formula is C20H22ClN3OS. The van der Waals surface area contributed by atoms with Crippen molar-refractivity contribution >= 4 is 22.9 Å². The fourth-order valence-electron chi connectivity index (χ4n) is 3.42. The minimum Gasteiger partial charge on any atom is -0.419 e. The van der Waals surface area contributed by atoms with Gasteiger partial charge in [0.05, 0.1) is 11.4 Å². The number of hydrogen-bond donors (Lipinski definition) is 1. The van der Waals surface area contributed by atoms with Crippen LogP contribution in [-0.4, -0.2) is 10.2 Å². The fourth-order valence-corrected chi connectivity index (χ4v) is 4.73. The topological polar surface area (TPSA) is 51.0 Å². The number of thiophene rings is 1. The van der Waals surface area contributed by atoms with E-state index in [1.807, 2.05) is 12.1 Å². The van der Waals surface area contributed by atoms with E-state index in [1.54, 1.807) is 11.3 Å². The van der Waals surface area contributed by atoms with E-state index in [9.17, 15) is 0 Å². The van der Waals surface area contributed by atoms with Gasteiger partial charge in [-0.15, -0.1) is 21.5 Å². The van der Waals surface area contributed by atoms with Gasteiger partial charge in [0, 0.05) is 15.9 Å². The standard InChI is InChI=1S/C20H22ClN3OS/c1-2-16(13-7-9-15(21)10-8-13)22-12-19-23-24-20(25-19)18-11-14-5-3-4-6-17(14)26-18/h7-11,16,22H,2-6,12H2,1H3. The molecule has 6 heteroatoms. The molecule has 0 amide bonds. The lowest BCUT2D eigenvalue weighted by Crippen LogP contribution is -2.20. The molecule has 1 N–H and O–H groups in total. The van der Waals surface area contributed by atoms with E-state index in [-0.39, 0.29) is 6.04 Å². The van der Waals surface area contributed by atoms with Gasteiger partial charge in [0.2, 0.25) is 5.89 Å². The van der Waals surface area contributed by atoms with Gasteiger partial charge >= 0.3 is 0 Å². The highest BCUT2D eigenvalue weighted by atomic mass is 35.5. The molecule has 136 valence electrons. The van der Waals surface area contributed by atoms with Crippen molar-refractivity contribution in [3.63, 3.8) is 0 Å². The summed E-state index contributed by atoms with van der Waals surface area (Å²) in [5.74, 6) is 1.26. The second kappa shape index (κ2) is 7.91. The second-order valence-electron chi connectivity index (χ2n) is 6.66. The molecule has 0 saturated heterocycles. The molecule has 26 heavy (non-hydrogen) atoms. The van der Waals surface area contributed by atoms with Crippen molar-refractivity contribution in [3.8, 4) is 10.8 Å². The number of halogens is 1. The van der Waals surface area contributed by atoms with Crippen molar-refractivity contribution in [2.45, 2.75) is 51.6 Å². The highest BCUT2D eigenvalue weighted by Gasteiger charge is 2.18. The van der Waals surface area contributed by atoms with E-state index in [4.69, 9.17) is 16.0 Å². The predicted octanol–water partition coefficient (Wildman–Crippen LogP) is 5.57. The number of fused-ring (bicyclic) bond motifs is 1. The normalized spacial score (nSPS) is 15.0. The van der Waals surface area contributed by atoms with Crippen LogP contribution >= 0.6 is 22.9 Å². The summed E-state index contributed by atoms with van der Waals surface area (Å²) in [6, 6.07) is 10.4. The lowest BCUT2D eigenvalue weighted by Gasteiger charge is -2.16. The molecule has 0 saturated carbocycles. The molecule has 1 aromatic carbocycles. The lowest BCUT2D eigenvalue weighted by molar-refractivity contribution is 0.438. The zero-order valence-corrected chi connectivity index (χ0v) is 16.4. The molecule has 1 aliphatic rings. The molecule has 2 aromatic heterocycles. The van der Waals surface area contributed by atoms with Crippen LogP contribution in [0.5, 0.6) is 0 Å². The minimum atomic E-state index is 0.233. The number of aromatic nitrogens is 2. The Morgan fingerprint density at radius 3 is 2.77 bits per heavy atom. The lowest BCUT2D eigenvalue weighted by atomic mass is 9.99. The summed E-state index contributed by atoms with van der Waals surface area (Å²) < 4.78 is 5.90. The number of benzene rings is 1. The maximum Gasteiger partial charge on any atom is 0.257 e. The van der Waals surface area contributed by atoms with Crippen LogP contribution in [0.3, 0.4) is 0 Å². The Bertz CT molecular complexity index is 848. The SMILES string of the molecule is CCC(NCc1nnc(-c2cc3c(s2)CCCC3)o1)c1ccc(Cl)cc1. The van der Waals surface area contributed by atoms with Crippen LogP contribution in [0, 0.1) is 0 Å². The van der Waals surface area contributed by atoms with Crippen LogP contribution in [0.4, 0.5) is 0 Å². The molecule has 0 radical (unpaired) electrons. The summed E-state index contributed by atoms with van der Waals surface area (Å²) in [6.07, 6.45) is 5.90. The number of rotatable bonds is 6. The van der Waals surface area contributed by atoms with E-state index in [1.165, 1.54) is 41.7 Å². The highest BCUT2D eigenvalue weighted by Crippen LogP contribution is 2.35. The van der Waals surface area contributed by atoms with Crippen LogP contribution in [0.1, 0.15) is 54.1 Å². The largest absolute Gasteiger partial charge is 0.419 e. The minimum absolute atomic E-state index is 0.233. The van der Waals surface area contributed by atoms with Gasteiger partial charge in [-0.3, -0.25) is 0 Å². The van der Waals surface area contributed by atoms with Crippen LogP contribution in [-0.2, 0) is 19.4 Å². The summed E-state index contributed by atoms with van der Waals surface area (Å²) in [5, 5.41) is 12.7. The highest BCUT2D eigenvalue weighted by molar-refractivity contribution is 7.15. The van der Waals surface area contributed by atoms with Gasteiger partial charge in [-0.2, -0.15) is 0 Å². The molecule has 4 rings (SSSR count). The van der Waals surface area contributed by atoms with E-state index >= 15 is 0 Å². The molecule has 0 fully saturated rings. The van der Waals surface area contributed by atoms with Crippen molar-refractivity contribution in [1.29, 1.82) is 0 Å². The number of aryl methyl sites for hydroxylation is 2. The van der Waals surface area contributed by atoms with Gasteiger partial charge in [0.1, 0.15) is 0 Å². The molecule has 1 aliphatic carbocycles. The monoisotopic (exact) mass is 387 g/mol. The zero-order chi connectivity index (χ0) is 17.9. The first-order valence-corrected chi connectivity index (χ1v) is 10.4. The summed E-state index contributed by atoms with van der Waals surface area (Å²) in [4.78, 5) is 2.58. The average Bonchev–Trinajstić information content (AvgIpc) is 3.30. The fraction of sp³-hybridized carbons (Fsp3) is 0.400.